The molecule has 3 N–H and O–H groups in total. The number of unbranched alkanes of at least 4 members (excludes halogenated alkanes) is 2. The number of aliphatic hydroxyl groups is 1. The molecule has 0 bridgehead atoms. The maximum atomic E-state index is 11.6. The second kappa shape index (κ2) is 8.66. The molecule has 0 unspecified atom stereocenters. The van der Waals surface area contributed by atoms with Crippen LogP contribution in [0.1, 0.15) is 24.8 Å². The van der Waals surface area contributed by atoms with Crippen molar-refractivity contribution in [3.05, 3.63) is 29.8 Å². The Morgan fingerprint density at radius 2 is 2.11 bits per heavy atom. The summed E-state index contributed by atoms with van der Waals surface area (Å²) in [5.41, 5.74) is 1.96. The molecule has 0 aliphatic heterocycles. The highest BCUT2D eigenvalue weighted by Crippen LogP contribution is 2.08. The maximum Gasteiger partial charge on any atom is 0.238 e. The monoisotopic (exact) mass is 250 g/mol. The van der Waals surface area contributed by atoms with Gasteiger partial charge in [0.05, 0.1) is 6.54 Å². The van der Waals surface area contributed by atoms with Gasteiger partial charge in [-0.3, -0.25) is 4.79 Å². The van der Waals surface area contributed by atoms with E-state index in [2.05, 4.69) is 10.6 Å². The SMILES string of the molecule is Cc1cccc(NC(=O)CNCCCCCO)c1. The van der Waals surface area contributed by atoms with Gasteiger partial charge in [-0.25, -0.2) is 0 Å². The number of hydrogen-bond donors (Lipinski definition) is 3. The lowest BCUT2D eigenvalue weighted by molar-refractivity contribution is -0.115. The normalized spacial score (nSPS) is 10.3. The van der Waals surface area contributed by atoms with E-state index >= 15 is 0 Å². The molecule has 0 radical (unpaired) electrons. The first-order valence-corrected chi connectivity index (χ1v) is 6.40. The second-order valence-corrected chi connectivity index (χ2v) is 4.38. The Balaban J connectivity index is 2.14. The smallest absolute Gasteiger partial charge is 0.238 e. The minimum absolute atomic E-state index is 0.0252. The van der Waals surface area contributed by atoms with Crippen LogP contribution in [0.5, 0.6) is 0 Å². The lowest BCUT2D eigenvalue weighted by Crippen LogP contribution is -2.28. The van der Waals surface area contributed by atoms with Crippen LogP contribution >= 0.6 is 0 Å². The predicted octanol–water partition coefficient (Wildman–Crippen LogP) is 1.69. The van der Waals surface area contributed by atoms with Crippen molar-refractivity contribution in [1.29, 1.82) is 0 Å². The van der Waals surface area contributed by atoms with E-state index in [1.165, 1.54) is 0 Å². The van der Waals surface area contributed by atoms with Gasteiger partial charge < -0.3 is 15.7 Å². The van der Waals surface area contributed by atoms with Crippen LogP contribution in [-0.4, -0.2) is 30.7 Å². The number of carbonyl (C=O) groups excluding carboxylic acids is 1. The molecule has 1 aromatic carbocycles. The van der Waals surface area contributed by atoms with Crippen molar-refractivity contribution < 1.29 is 9.90 Å². The highest BCUT2D eigenvalue weighted by atomic mass is 16.2. The molecule has 0 saturated carbocycles. The van der Waals surface area contributed by atoms with Crippen LogP contribution < -0.4 is 10.6 Å². The molecule has 4 heteroatoms. The van der Waals surface area contributed by atoms with E-state index in [-0.39, 0.29) is 12.5 Å². The summed E-state index contributed by atoms with van der Waals surface area (Å²) in [6, 6.07) is 7.74. The van der Waals surface area contributed by atoms with Crippen LogP contribution in [0.3, 0.4) is 0 Å². The molecular weight excluding hydrogens is 228 g/mol. The van der Waals surface area contributed by atoms with Gasteiger partial charge in [0.15, 0.2) is 0 Å². The molecule has 100 valence electrons. The number of amides is 1. The van der Waals surface area contributed by atoms with Gasteiger partial charge in [-0.2, -0.15) is 0 Å². The van der Waals surface area contributed by atoms with E-state index in [1.807, 2.05) is 31.2 Å². The number of rotatable bonds is 8. The Labute approximate surface area is 108 Å². The summed E-state index contributed by atoms with van der Waals surface area (Å²) in [6.45, 7) is 3.37. The topological polar surface area (TPSA) is 61.4 Å². The number of hydrogen-bond acceptors (Lipinski definition) is 3. The van der Waals surface area contributed by atoms with Crippen molar-refractivity contribution in [2.24, 2.45) is 0 Å². The summed E-state index contributed by atoms with van der Waals surface area (Å²) in [5.74, 6) is -0.0252. The van der Waals surface area contributed by atoms with E-state index in [1.54, 1.807) is 0 Å². The fourth-order valence-electron chi connectivity index (χ4n) is 1.67. The van der Waals surface area contributed by atoms with Gasteiger partial charge >= 0.3 is 0 Å². The molecule has 1 amide bonds. The maximum absolute atomic E-state index is 11.6. The number of nitrogens with one attached hydrogen (secondary N) is 2. The Morgan fingerprint density at radius 3 is 2.83 bits per heavy atom. The predicted molar refractivity (Wildman–Crippen MR) is 73.6 cm³/mol. The molecule has 0 aliphatic carbocycles. The second-order valence-electron chi connectivity index (χ2n) is 4.38. The molecule has 0 fully saturated rings. The van der Waals surface area contributed by atoms with Crippen LogP contribution in [0.4, 0.5) is 5.69 Å². The van der Waals surface area contributed by atoms with Crippen molar-refractivity contribution in [2.45, 2.75) is 26.2 Å². The average Bonchev–Trinajstić information content (AvgIpc) is 2.33. The van der Waals surface area contributed by atoms with E-state index < -0.39 is 0 Å². The molecule has 0 saturated heterocycles. The zero-order valence-electron chi connectivity index (χ0n) is 10.9. The van der Waals surface area contributed by atoms with E-state index in [9.17, 15) is 4.79 Å². The van der Waals surface area contributed by atoms with Gasteiger partial charge in [-0.15, -0.1) is 0 Å². The van der Waals surface area contributed by atoms with E-state index in [4.69, 9.17) is 5.11 Å². The van der Waals surface area contributed by atoms with Gasteiger partial charge in [0.1, 0.15) is 0 Å². The summed E-state index contributed by atoms with van der Waals surface area (Å²) < 4.78 is 0. The van der Waals surface area contributed by atoms with Gasteiger partial charge in [0.25, 0.3) is 0 Å². The number of benzene rings is 1. The minimum Gasteiger partial charge on any atom is -0.396 e. The number of carbonyl (C=O) groups is 1. The third-order valence-electron chi connectivity index (χ3n) is 2.60. The number of anilines is 1. The van der Waals surface area contributed by atoms with Gasteiger partial charge in [0, 0.05) is 12.3 Å². The highest BCUT2D eigenvalue weighted by molar-refractivity contribution is 5.92. The molecule has 1 rings (SSSR count). The number of aryl methyl sites for hydroxylation is 1. The summed E-state index contributed by atoms with van der Waals surface area (Å²) in [7, 11) is 0. The van der Waals surface area contributed by atoms with Gasteiger partial charge in [-0.1, -0.05) is 12.1 Å². The summed E-state index contributed by atoms with van der Waals surface area (Å²) in [5, 5.41) is 14.5. The van der Waals surface area contributed by atoms with Crippen molar-refractivity contribution in [1.82, 2.24) is 5.32 Å². The average molecular weight is 250 g/mol. The van der Waals surface area contributed by atoms with Crippen LogP contribution in [0.15, 0.2) is 24.3 Å². The summed E-state index contributed by atoms with van der Waals surface area (Å²) in [4.78, 5) is 11.6. The quantitative estimate of drug-likeness (QED) is 0.615. The molecule has 0 heterocycles. The zero-order chi connectivity index (χ0) is 13.2. The molecule has 0 spiro atoms. The van der Waals surface area contributed by atoms with E-state index in [0.717, 1.165) is 37.1 Å². The van der Waals surface area contributed by atoms with Crippen molar-refractivity contribution in [2.75, 3.05) is 25.0 Å². The summed E-state index contributed by atoms with van der Waals surface area (Å²) in [6.07, 6.45) is 2.80. The van der Waals surface area contributed by atoms with Gasteiger partial charge in [-0.05, 0) is 50.4 Å². The number of aliphatic hydroxyl groups excluding tert-OH is 1. The molecule has 0 atom stereocenters. The Morgan fingerprint density at radius 1 is 1.28 bits per heavy atom. The van der Waals surface area contributed by atoms with Gasteiger partial charge in [0.2, 0.25) is 5.91 Å². The fourth-order valence-corrected chi connectivity index (χ4v) is 1.67. The molecule has 4 nitrogen and oxygen atoms in total. The fraction of sp³-hybridized carbons (Fsp3) is 0.500. The Kier molecular flexibility index (Phi) is 7.06. The highest BCUT2D eigenvalue weighted by Gasteiger charge is 2.01. The molecule has 1 aromatic rings. The first-order valence-electron chi connectivity index (χ1n) is 6.40. The lowest BCUT2D eigenvalue weighted by Gasteiger charge is -2.07. The van der Waals surface area contributed by atoms with Crippen LogP contribution in [0, 0.1) is 6.92 Å². The van der Waals surface area contributed by atoms with Crippen molar-refractivity contribution in [3.63, 3.8) is 0 Å². The standard InChI is InChI=1S/C14H22N2O2/c1-12-6-5-7-13(10-12)16-14(18)11-15-8-3-2-4-9-17/h5-7,10,15,17H,2-4,8-9,11H2,1H3,(H,16,18). The minimum atomic E-state index is -0.0252. The van der Waals surface area contributed by atoms with Crippen molar-refractivity contribution >= 4 is 11.6 Å². The van der Waals surface area contributed by atoms with E-state index in [0.29, 0.717) is 6.54 Å². The molecule has 18 heavy (non-hydrogen) atoms. The molecular formula is C14H22N2O2. The van der Waals surface area contributed by atoms with Crippen LogP contribution in [-0.2, 0) is 4.79 Å². The first kappa shape index (κ1) is 14.7. The Bertz CT molecular complexity index is 367. The Hall–Kier alpha value is -1.39. The first-order chi connectivity index (χ1) is 8.72. The van der Waals surface area contributed by atoms with Crippen LogP contribution in [0.25, 0.3) is 0 Å². The lowest BCUT2D eigenvalue weighted by atomic mass is 10.2. The third-order valence-corrected chi connectivity index (χ3v) is 2.60. The summed E-state index contributed by atoms with van der Waals surface area (Å²) >= 11 is 0. The molecule has 0 aliphatic rings. The molecule has 0 aromatic heterocycles. The van der Waals surface area contributed by atoms with Crippen molar-refractivity contribution in [3.8, 4) is 0 Å². The zero-order valence-corrected chi connectivity index (χ0v) is 10.9. The largest absolute Gasteiger partial charge is 0.396 e. The third kappa shape index (κ3) is 6.37. The van der Waals surface area contributed by atoms with Crippen LogP contribution in [0.2, 0.25) is 0 Å².